The van der Waals surface area contributed by atoms with Gasteiger partial charge >= 0.3 is 0 Å². The topological polar surface area (TPSA) is 46.2 Å². The third-order valence-electron chi connectivity index (χ3n) is 4.62. The molecule has 164 valence electrons. The minimum Gasteiger partial charge on any atom is -0.376 e. The van der Waals surface area contributed by atoms with Crippen LogP contribution in [0.4, 0.5) is 0 Å². The van der Waals surface area contributed by atoms with Gasteiger partial charge in [0.15, 0.2) is 0 Å². The molecule has 0 rings (SSSR count). The van der Waals surface area contributed by atoms with E-state index in [-0.39, 0.29) is 42.7 Å². The van der Waals surface area contributed by atoms with Crippen LogP contribution in [-0.4, -0.2) is 61.9 Å². The molecule has 0 amide bonds. The highest BCUT2D eigenvalue weighted by Gasteiger charge is 2.35. The first-order chi connectivity index (χ1) is 12.8. The van der Waals surface area contributed by atoms with Crippen molar-refractivity contribution in [2.45, 2.75) is 117 Å². The maximum atomic E-state index is 6.33. The standard InChI is InChI=1S/C21H44O5S/c1-9-16(6)23-13-20(26-18(8)11-3)21(24-15(4)5)19(12-22-14-27)25-17(7)10-2/h15-21,27H,9-14H2,1-8H3. The summed E-state index contributed by atoms with van der Waals surface area (Å²) in [7, 11) is 0. The monoisotopic (exact) mass is 408 g/mol. The second-order valence-corrected chi connectivity index (χ2v) is 7.75. The first-order valence-electron chi connectivity index (χ1n) is 10.5. The van der Waals surface area contributed by atoms with Crippen molar-refractivity contribution < 1.29 is 23.7 Å². The van der Waals surface area contributed by atoms with Gasteiger partial charge in [-0.3, -0.25) is 0 Å². The van der Waals surface area contributed by atoms with E-state index in [0.29, 0.717) is 19.2 Å². The van der Waals surface area contributed by atoms with E-state index in [1.54, 1.807) is 0 Å². The van der Waals surface area contributed by atoms with Gasteiger partial charge < -0.3 is 23.7 Å². The largest absolute Gasteiger partial charge is 0.376 e. The summed E-state index contributed by atoms with van der Waals surface area (Å²) in [4.78, 5) is 0. The van der Waals surface area contributed by atoms with E-state index in [4.69, 9.17) is 23.7 Å². The third-order valence-corrected chi connectivity index (χ3v) is 4.80. The zero-order chi connectivity index (χ0) is 20.8. The Morgan fingerprint density at radius 1 is 0.667 bits per heavy atom. The van der Waals surface area contributed by atoms with Crippen molar-refractivity contribution in [3.8, 4) is 0 Å². The molecule has 0 fully saturated rings. The van der Waals surface area contributed by atoms with E-state index < -0.39 is 0 Å². The van der Waals surface area contributed by atoms with Crippen LogP contribution in [0.5, 0.6) is 0 Å². The van der Waals surface area contributed by atoms with E-state index in [0.717, 1.165) is 19.3 Å². The molecule has 0 aliphatic rings. The van der Waals surface area contributed by atoms with Crippen LogP contribution < -0.4 is 0 Å². The van der Waals surface area contributed by atoms with E-state index >= 15 is 0 Å². The van der Waals surface area contributed by atoms with Crippen LogP contribution >= 0.6 is 12.6 Å². The van der Waals surface area contributed by atoms with Crippen LogP contribution in [0.2, 0.25) is 0 Å². The number of ether oxygens (including phenoxy) is 5. The molecule has 5 nitrogen and oxygen atoms in total. The van der Waals surface area contributed by atoms with Crippen molar-refractivity contribution in [1.82, 2.24) is 0 Å². The Hall–Kier alpha value is 0.150. The molecule has 0 N–H and O–H groups in total. The fourth-order valence-corrected chi connectivity index (χ4v) is 2.59. The van der Waals surface area contributed by atoms with Gasteiger partial charge in [-0.05, 0) is 53.9 Å². The average molecular weight is 409 g/mol. The molecule has 0 saturated heterocycles. The lowest BCUT2D eigenvalue weighted by Crippen LogP contribution is -2.50. The van der Waals surface area contributed by atoms with Crippen molar-refractivity contribution in [2.75, 3.05) is 19.2 Å². The molecule has 0 radical (unpaired) electrons. The molecule has 6 atom stereocenters. The van der Waals surface area contributed by atoms with Gasteiger partial charge in [0.1, 0.15) is 18.3 Å². The summed E-state index contributed by atoms with van der Waals surface area (Å²) in [6.45, 7) is 17.5. The van der Waals surface area contributed by atoms with Gasteiger partial charge in [-0.25, -0.2) is 0 Å². The molecule has 0 aliphatic heterocycles. The summed E-state index contributed by atoms with van der Waals surface area (Å²) in [6, 6.07) is 0. The zero-order valence-electron chi connectivity index (χ0n) is 18.8. The second kappa shape index (κ2) is 16.0. The third kappa shape index (κ3) is 12.3. The Kier molecular flexibility index (Phi) is 16.1. The highest BCUT2D eigenvalue weighted by molar-refractivity contribution is 7.80. The van der Waals surface area contributed by atoms with E-state index in [1.165, 1.54) is 0 Å². The molecule has 0 aliphatic carbocycles. The maximum Gasteiger partial charge on any atom is 0.115 e. The summed E-state index contributed by atoms with van der Waals surface area (Å²) in [5, 5.41) is 0. The van der Waals surface area contributed by atoms with E-state index in [9.17, 15) is 0 Å². The summed E-state index contributed by atoms with van der Waals surface area (Å²) in [6.07, 6.45) is 2.50. The van der Waals surface area contributed by atoms with Crippen LogP contribution in [0.15, 0.2) is 0 Å². The van der Waals surface area contributed by atoms with Gasteiger partial charge in [0.25, 0.3) is 0 Å². The van der Waals surface area contributed by atoms with Gasteiger partial charge in [0.05, 0.1) is 43.6 Å². The lowest BCUT2D eigenvalue weighted by molar-refractivity contribution is -0.201. The van der Waals surface area contributed by atoms with E-state index in [1.807, 2.05) is 13.8 Å². The molecule has 0 aromatic rings. The molecule has 0 spiro atoms. The Labute approximate surface area is 173 Å². The van der Waals surface area contributed by atoms with Crippen molar-refractivity contribution in [2.24, 2.45) is 0 Å². The summed E-state index contributed by atoms with van der Waals surface area (Å²) >= 11 is 4.18. The lowest BCUT2D eigenvalue weighted by Gasteiger charge is -2.37. The molecule has 0 saturated carbocycles. The molecule has 6 unspecified atom stereocenters. The van der Waals surface area contributed by atoms with Gasteiger partial charge in [0, 0.05) is 0 Å². The van der Waals surface area contributed by atoms with Gasteiger partial charge in [-0.2, -0.15) is 12.6 Å². The molecule has 0 aromatic carbocycles. The van der Waals surface area contributed by atoms with Crippen LogP contribution in [0.3, 0.4) is 0 Å². The highest BCUT2D eigenvalue weighted by Crippen LogP contribution is 2.21. The Balaban J connectivity index is 5.50. The Bertz CT molecular complexity index is 343. The fraction of sp³-hybridized carbons (Fsp3) is 1.00. The van der Waals surface area contributed by atoms with Crippen molar-refractivity contribution in [3.63, 3.8) is 0 Å². The lowest BCUT2D eigenvalue weighted by atomic mass is 10.1. The minimum absolute atomic E-state index is 0.0423. The molecular formula is C21H44O5S. The summed E-state index contributed by atoms with van der Waals surface area (Å²) < 4.78 is 30.5. The molecular weight excluding hydrogens is 364 g/mol. The normalized spacial score (nSPS) is 18.9. The van der Waals surface area contributed by atoms with Crippen LogP contribution in [0, 0.1) is 0 Å². The first kappa shape index (κ1) is 27.1. The smallest absolute Gasteiger partial charge is 0.115 e. The van der Waals surface area contributed by atoms with Gasteiger partial charge in [0.2, 0.25) is 0 Å². The van der Waals surface area contributed by atoms with E-state index in [2.05, 4.69) is 54.2 Å². The van der Waals surface area contributed by atoms with Crippen molar-refractivity contribution >= 4 is 12.6 Å². The SMILES string of the molecule is CCC(C)OCC(OC(C)CC)C(OC(C)C)C(COCS)OC(C)CC. The van der Waals surface area contributed by atoms with Crippen molar-refractivity contribution in [1.29, 1.82) is 0 Å². The Morgan fingerprint density at radius 3 is 1.56 bits per heavy atom. The maximum absolute atomic E-state index is 6.33. The number of rotatable bonds is 17. The second-order valence-electron chi connectivity index (χ2n) is 7.49. The predicted octanol–water partition coefficient (Wildman–Crippen LogP) is 4.87. The summed E-state index contributed by atoms with van der Waals surface area (Å²) in [5.74, 6) is 0.342. The quantitative estimate of drug-likeness (QED) is 0.275. The number of hydrogen-bond acceptors (Lipinski definition) is 6. The fourth-order valence-electron chi connectivity index (χ4n) is 2.49. The molecule has 0 bridgehead atoms. The molecule has 0 aromatic heterocycles. The van der Waals surface area contributed by atoms with Gasteiger partial charge in [-0.1, -0.05) is 20.8 Å². The zero-order valence-corrected chi connectivity index (χ0v) is 19.7. The van der Waals surface area contributed by atoms with Gasteiger partial charge in [-0.15, -0.1) is 0 Å². The molecule has 6 heteroatoms. The Morgan fingerprint density at radius 2 is 1.15 bits per heavy atom. The number of hydrogen-bond donors (Lipinski definition) is 1. The van der Waals surface area contributed by atoms with Crippen LogP contribution in [-0.2, 0) is 23.7 Å². The average Bonchev–Trinajstić information content (AvgIpc) is 2.65. The van der Waals surface area contributed by atoms with Crippen LogP contribution in [0.1, 0.15) is 74.7 Å². The molecule has 27 heavy (non-hydrogen) atoms. The predicted molar refractivity (Wildman–Crippen MR) is 115 cm³/mol. The number of thiol groups is 1. The highest BCUT2D eigenvalue weighted by atomic mass is 32.1. The minimum atomic E-state index is -0.281. The molecule has 0 heterocycles. The summed E-state index contributed by atoms with van der Waals surface area (Å²) in [5.41, 5.74) is 0. The van der Waals surface area contributed by atoms with Crippen LogP contribution in [0.25, 0.3) is 0 Å². The van der Waals surface area contributed by atoms with Crippen molar-refractivity contribution in [3.05, 3.63) is 0 Å². The first-order valence-corrected chi connectivity index (χ1v) is 11.2.